The standard InChI is InChI=1S/C13H15N3S/c1-2-9-14-13-15-10-8-12(16-13)17-11-6-4-3-5-7-11/h3-8,10H,2,9H2,1H3,(H,14,15,16). The van der Waals surface area contributed by atoms with Crippen molar-refractivity contribution in [2.45, 2.75) is 23.3 Å². The molecule has 0 radical (unpaired) electrons. The third kappa shape index (κ3) is 3.75. The Morgan fingerprint density at radius 3 is 2.76 bits per heavy atom. The molecule has 0 saturated heterocycles. The van der Waals surface area contributed by atoms with Crippen molar-refractivity contribution in [3.63, 3.8) is 0 Å². The number of benzene rings is 1. The Bertz CT molecular complexity index is 459. The minimum atomic E-state index is 0.702. The van der Waals surface area contributed by atoms with Crippen molar-refractivity contribution in [2.75, 3.05) is 11.9 Å². The largest absolute Gasteiger partial charge is 0.354 e. The first-order valence-electron chi connectivity index (χ1n) is 5.68. The number of rotatable bonds is 5. The van der Waals surface area contributed by atoms with E-state index < -0.39 is 0 Å². The predicted octanol–water partition coefficient (Wildman–Crippen LogP) is 3.45. The van der Waals surface area contributed by atoms with Gasteiger partial charge in [0, 0.05) is 17.6 Å². The first-order valence-corrected chi connectivity index (χ1v) is 6.50. The molecule has 1 aromatic carbocycles. The summed E-state index contributed by atoms with van der Waals surface area (Å²) in [5, 5.41) is 4.15. The van der Waals surface area contributed by atoms with Crippen molar-refractivity contribution < 1.29 is 0 Å². The van der Waals surface area contributed by atoms with Crippen LogP contribution in [0.5, 0.6) is 0 Å². The fourth-order valence-electron chi connectivity index (χ4n) is 1.33. The SMILES string of the molecule is CCCNc1nccc(Sc2ccccc2)n1. The number of hydrogen-bond acceptors (Lipinski definition) is 4. The van der Waals surface area contributed by atoms with Gasteiger partial charge in [-0.2, -0.15) is 0 Å². The average Bonchev–Trinajstić information content (AvgIpc) is 2.38. The van der Waals surface area contributed by atoms with Gasteiger partial charge in [-0.05, 0) is 24.6 Å². The van der Waals surface area contributed by atoms with Crippen LogP contribution in [0.25, 0.3) is 0 Å². The normalized spacial score (nSPS) is 10.2. The fourth-order valence-corrected chi connectivity index (χ4v) is 2.13. The summed E-state index contributed by atoms with van der Waals surface area (Å²) in [5.74, 6) is 0.702. The van der Waals surface area contributed by atoms with E-state index in [2.05, 4.69) is 34.3 Å². The van der Waals surface area contributed by atoms with E-state index in [9.17, 15) is 0 Å². The molecule has 0 atom stereocenters. The van der Waals surface area contributed by atoms with E-state index in [4.69, 9.17) is 0 Å². The summed E-state index contributed by atoms with van der Waals surface area (Å²) < 4.78 is 0. The molecule has 0 saturated carbocycles. The Balaban J connectivity index is 2.06. The Morgan fingerprint density at radius 2 is 2.00 bits per heavy atom. The summed E-state index contributed by atoms with van der Waals surface area (Å²) in [6.45, 7) is 3.02. The van der Waals surface area contributed by atoms with E-state index in [0.29, 0.717) is 5.95 Å². The molecule has 0 bridgehead atoms. The van der Waals surface area contributed by atoms with Crippen LogP contribution in [0, 0.1) is 0 Å². The van der Waals surface area contributed by atoms with Crippen molar-refractivity contribution in [2.24, 2.45) is 0 Å². The molecule has 2 aromatic rings. The Labute approximate surface area is 106 Å². The molecular weight excluding hydrogens is 230 g/mol. The van der Waals surface area contributed by atoms with Gasteiger partial charge in [-0.3, -0.25) is 0 Å². The molecule has 1 aromatic heterocycles. The first-order chi connectivity index (χ1) is 8.38. The summed E-state index contributed by atoms with van der Waals surface area (Å²) in [6.07, 6.45) is 2.86. The quantitative estimate of drug-likeness (QED) is 0.819. The molecule has 0 aliphatic rings. The number of hydrogen-bond donors (Lipinski definition) is 1. The highest BCUT2D eigenvalue weighted by Gasteiger charge is 2.00. The van der Waals surface area contributed by atoms with Gasteiger partial charge in [0.25, 0.3) is 0 Å². The van der Waals surface area contributed by atoms with Crippen molar-refractivity contribution >= 4 is 17.7 Å². The van der Waals surface area contributed by atoms with Crippen LogP contribution in [-0.4, -0.2) is 16.5 Å². The second-order valence-electron chi connectivity index (χ2n) is 3.56. The van der Waals surface area contributed by atoms with Gasteiger partial charge >= 0.3 is 0 Å². The fraction of sp³-hybridized carbons (Fsp3) is 0.231. The van der Waals surface area contributed by atoms with E-state index in [1.54, 1.807) is 18.0 Å². The molecule has 2 rings (SSSR count). The van der Waals surface area contributed by atoms with Gasteiger partial charge in [0.2, 0.25) is 5.95 Å². The lowest BCUT2D eigenvalue weighted by molar-refractivity contribution is 0.935. The topological polar surface area (TPSA) is 37.8 Å². The Morgan fingerprint density at radius 1 is 1.18 bits per heavy atom. The molecule has 1 N–H and O–H groups in total. The number of nitrogens with zero attached hydrogens (tertiary/aromatic N) is 2. The van der Waals surface area contributed by atoms with E-state index >= 15 is 0 Å². The van der Waals surface area contributed by atoms with Gasteiger partial charge in [-0.15, -0.1) is 0 Å². The molecule has 0 aliphatic carbocycles. The van der Waals surface area contributed by atoms with E-state index in [1.165, 1.54) is 4.90 Å². The monoisotopic (exact) mass is 245 g/mol. The van der Waals surface area contributed by atoms with Crippen LogP contribution < -0.4 is 5.32 Å². The first kappa shape index (κ1) is 11.9. The molecule has 17 heavy (non-hydrogen) atoms. The summed E-state index contributed by atoms with van der Waals surface area (Å²) in [4.78, 5) is 9.82. The van der Waals surface area contributed by atoms with Crippen molar-refractivity contribution in [1.82, 2.24) is 9.97 Å². The van der Waals surface area contributed by atoms with Gasteiger partial charge in [-0.1, -0.05) is 36.9 Å². The minimum Gasteiger partial charge on any atom is -0.354 e. The van der Waals surface area contributed by atoms with Gasteiger partial charge in [0.05, 0.1) is 0 Å². The highest BCUT2D eigenvalue weighted by molar-refractivity contribution is 7.99. The van der Waals surface area contributed by atoms with Crippen LogP contribution >= 0.6 is 11.8 Å². The Kier molecular flexibility index (Phi) is 4.38. The van der Waals surface area contributed by atoms with Crippen molar-refractivity contribution in [3.8, 4) is 0 Å². The number of anilines is 1. The third-order valence-corrected chi connectivity index (χ3v) is 3.07. The molecule has 3 nitrogen and oxygen atoms in total. The maximum Gasteiger partial charge on any atom is 0.223 e. The van der Waals surface area contributed by atoms with E-state index in [-0.39, 0.29) is 0 Å². The molecule has 1 heterocycles. The number of aromatic nitrogens is 2. The molecular formula is C13H15N3S. The second kappa shape index (κ2) is 6.25. The summed E-state index contributed by atoms with van der Waals surface area (Å²) in [7, 11) is 0. The third-order valence-electron chi connectivity index (χ3n) is 2.13. The van der Waals surface area contributed by atoms with Crippen LogP contribution in [-0.2, 0) is 0 Å². The molecule has 0 unspecified atom stereocenters. The Hall–Kier alpha value is -1.55. The lowest BCUT2D eigenvalue weighted by Gasteiger charge is -2.04. The van der Waals surface area contributed by atoms with Crippen LogP contribution in [0.15, 0.2) is 52.5 Å². The highest BCUT2D eigenvalue weighted by atomic mass is 32.2. The lowest BCUT2D eigenvalue weighted by Crippen LogP contribution is -2.03. The zero-order valence-electron chi connectivity index (χ0n) is 9.76. The highest BCUT2D eigenvalue weighted by Crippen LogP contribution is 2.25. The lowest BCUT2D eigenvalue weighted by atomic mass is 10.4. The van der Waals surface area contributed by atoms with E-state index in [0.717, 1.165) is 18.0 Å². The zero-order chi connectivity index (χ0) is 11.9. The van der Waals surface area contributed by atoms with Gasteiger partial charge < -0.3 is 5.32 Å². The predicted molar refractivity (Wildman–Crippen MR) is 71.4 cm³/mol. The zero-order valence-corrected chi connectivity index (χ0v) is 10.6. The van der Waals surface area contributed by atoms with Crippen molar-refractivity contribution in [1.29, 1.82) is 0 Å². The summed E-state index contributed by atoms with van der Waals surface area (Å²) in [6, 6.07) is 12.1. The molecule has 88 valence electrons. The van der Waals surface area contributed by atoms with Crippen LogP contribution in [0.3, 0.4) is 0 Å². The number of nitrogens with one attached hydrogen (secondary N) is 1. The molecule has 4 heteroatoms. The molecule has 0 spiro atoms. The second-order valence-corrected chi connectivity index (χ2v) is 4.65. The summed E-state index contributed by atoms with van der Waals surface area (Å²) >= 11 is 1.64. The van der Waals surface area contributed by atoms with E-state index in [1.807, 2.05) is 24.3 Å². The molecule has 0 aliphatic heterocycles. The summed E-state index contributed by atoms with van der Waals surface area (Å²) in [5.41, 5.74) is 0. The smallest absolute Gasteiger partial charge is 0.223 e. The van der Waals surface area contributed by atoms with Crippen LogP contribution in [0.2, 0.25) is 0 Å². The van der Waals surface area contributed by atoms with Crippen molar-refractivity contribution in [3.05, 3.63) is 42.6 Å². The van der Waals surface area contributed by atoms with Crippen LogP contribution in [0.1, 0.15) is 13.3 Å². The average molecular weight is 245 g/mol. The molecule has 0 fully saturated rings. The minimum absolute atomic E-state index is 0.702. The van der Waals surface area contributed by atoms with Crippen LogP contribution in [0.4, 0.5) is 5.95 Å². The maximum absolute atomic E-state index is 4.45. The van der Waals surface area contributed by atoms with Gasteiger partial charge in [-0.25, -0.2) is 9.97 Å². The maximum atomic E-state index is 4.45. The van der Waals surface area contributed by atoms with Gasteiger partial charge in [0.15, 0.2) is 0 Å². The van der Waals surface area contributed by atoms with Gasteiger partial charge in [0.1, 0.15) is 5.03 Å². The molecule has 0 amide bonds.